The molecule has 3 aliphatic rings. The van der Waals surface area contributed by atoms with E-state index in [9.17, 15) is 9.59 Å². The molecule has 0 saturated heterocycles. The Labute approximate surface area is 146 Å². The highest BCUT2D eigenvalue weighted by Gasteiger charge is 2.69. The van der Waals surface area contributed by atoms with Crippen LogP contribution in [0.25, 0.3) is 0 Å². The van der Waals surface area contributed by atoms with E-state index in [1.54, 1.807) is 24.3 Å². The number of ether oxygens (including phenoxy) is 1. The quantitative estimate of drug-likeness (QED) is 0.774. The van der Waals surface area contributed by atoms with Crippen LogP contribution in [0.4, 0.5) is 0 Å². The Morgan fingerprint density at radius 2 is 1.62 bits per heavy atom. The van der Waals surface area contributed by atoms with Gasteiger partial charge in [-0.05, 0) is 57.6 Å². The lowest BCUT2D eigenvalue weighted by Crippen LogP contribution is -2.84. The van der Waals surface area contributed by atoms with Gasteiger partial charge >= 0.3 is 0 Å². The number of halogens is 1. The molecule has 2 N–H and O–H groups in total. The minimum absolute atomic E-state index is 0.0244. The summed E-state index contributed by atoms with van der Waals surface area (Å²) in [6.07, 6.45) is 2.39. The van der Waals surface area contributed by atoms with Crippen LogP contribution in [0.3, 0.4) is 0 Å². The van der Waals surface area contributed by atoms with E-state index < -0.39 is 0 Å². The van der Waals surface area contributed by atoms with Crippen LogP contribution >= 0.6 is 11.6 Å². The zero-order valence-electron chi connectivity index (χ0n) is 13.9. The van der Waals surface area contributed by atoms with Crippen molar-refractivity contribution in [1.29, 1.82) is 0 Å². The average Bonchev–Trinajstić information content (AvgIpc) is 2.42. The smallest absolute Gasteiger partial charge is 0.258 e. The molecule has 3 fully saturated rings. The summed E-state index contributed by atoms with van der Waals surface area (Å²) >= 11 is 5.80. The van der Waals surface area contributed by atoms with Crippen molar-refractivity contribution in [2.75, 3.05) is 27.2 Å². The number of benzene rings is 1. The van der Waals surface area contributed by atoms with E-state index in [1.165, 1.54) is 0 Å². The molecule has 1 aromatic carbocycles. The zero-order valence-corrected chi connectivity index (χ0v) is 14.7. The van der Waals surface area contributed by atoms with Gasteiger partial charge in [-0.25, -0.2) is 0 Å². The summed E-state index contributed by atoms with van der Waals surface area (Å²) in [6.45, 7) is 0.361. The molecule has 0 aromatic heterocycles. The normalized spacial score (nSPS) is 27.0. The molecule has 24 heavy (non-hydrogen) atoms. The molecule has 7 heteroatoms. The first-order valence-corrected chi connectivity index (χ1v) is 8.33. The fourth-order valence-corrected chi connectivity index (χ4v) is 3.81. The monoisotopic (exact) mass is 351 g/mol. The summed E-state index contributed by atoms with van der Waals surface area (Å²) in [4.78, 5) is 25.7. The van der Waals surface area contributed by atoms with Crippen LogP contribution in [0.1, 0.15) is 19.3 Å². The first-order chi connectivity index (χ1) is 11.3. The summed E-state index contributed by atoms with van der Waals surface area (Å²) in [6, 6.07) is 6.89. The maximum Gasteiger partial charge on any atom is 0.258 e. The number of nitrogens with zero attached hydrogens (tertiary/aromatic N) is 1. The van der Waals surface area contributed by atoms with Gasteiger partial charge in [-0.1, -0.05) is 11.6 Å². The number of amides is 2. The van der Waals surface area contributed by atoms with Gasteiger partial charge in [0, 0.05) is 16.1 Å². The number of rotatable bonds is 7. The molecule has 4 rings (SSSR count). The van der Waals surface area contributed by atoms with Crippen LogP contribution in [0.2, 0.25) is 5.02 Å². The molecule has 2 bridgehead atoms. The van der Waals surface area contributed by atoms with E-state index in [2.05, 4.69) is 10.6 Å². The maximum atomic E-state index is 12.0. The van der Waals surface area contributed by atoms with E-state index >= 15 is 0 Å². The fourth-order valence-electron chi connectivity index (χ4n) is 3.69. The lowest BCUT2D eigenvalue weighted by Gasteiger charge is -2.70. The van der Waals surface area contributed by atoms with Crippen molar-refractivity contribution in [3.05, 3.63) is 29.3 Å². The first-order valence-electron chi connectivity index (χ1n) is 7.95. The fraction of sp³-hybridized carbons (Fsp3) is 0.529. The highest BCUT2D eigenvalue weighted by atomic mass is 35.5. The van der Waals surface area contributed by atoms with E-state index in [-0.39, 0.29) is 29.5 Å². The Hall–Kier alpha value is -1.79. The van der Waals surface area contributed by atoms with Gasteiger partial charge in [0.05, 0.1) is 6.54 Å². The number of carbonyl (C=O) groups is 2. The van der Waals surface area contributed by atoms with Gasteiger partial charge in [-0.3, -0.25) is 9.59 Å². The summed E-state index contributed by atoms with van der Waals surface area (Å²) < 4.78 is 5.44. The van der Waals surface area contributed by atoms with Crippen molar-refractivity contribution < 1.29 is 14.3 Å². The number of carbonyl (C=O) groups excluding carboxylic acids is 2. The van der Waals surface area contributed by atoms with Crippen LogP contribution < -0.4 is 15.4 Å². The van der Waals surface area contributed by atoms with Crippen LogP contribution in [-0.4, -0.2) is 55.0 Å². The van der Waals surface area contributed by atoms with Crippen LogP contribution in [0, 0.1) is 0 Å². The van der Waals surface area contributed by atoms with Gasteiger partial charge in [0.1, 0.15) is 5.75 Å². The summed E-state index contributed by atoms with van der Waals surface area (Å²) in [5, 5.41) is 6.73. The van der Waals surface area contributed by atoms with Crippen molar-refractivity contribution in [2.45, 2.75) is 30.3 Å². The third-order valence-corrected chi connectivity index (χ3v) is 4.73. The second kappa shape index (κ2) is 6.26. The molecule has 0 atom stereocenters. The maximum absolute atomic E-state index is 12.0. The summed E-state index contributed by atoms with van der Waals surface area (Å²) in [7, 11) is 3.73. The van der Waals surface area contributed by atoms with Crippen molar-refractivity contribution in [2.24, 2.45) is 0 Å². The second-order valence-corrected chi connectivity index (χ2v) is 7.60. The van der Waals surface area contributed by atoms with Crippen LogP contribution in [0.5, 0.6) is 5.75 Å². The summed E-state index contributed by atoms with van der Waals surface area (Å²) in [5.74, 6) is 0.503. The van der Waals surface area contributed by atoms with E-state index in [0.29, 0.717) is 17.3 Å². The molecular formula is C17H22ClN3O3. The summed E-state index contributed by atoms with van der Waals surface area (Å²) in [5.41, 5.74) is -0.275. The van der Waals surface area contributed by atoms with Crippen molar-refractivity contribution in [1.82, 2.24) is 15.5 Å². The standard InChI is InChI=1S/C17H22ClN3O3/c1-21(2)7-14(22)19-16-9-17(10-16,11-16)20-15(23)8-24-13-5-3-12(18)4-6-13/h3-6H,7-11H2,1-2H3,(H,19,22)(H,20,23). The SMILES string of the molecule is CN(C)CC(=O)NC12CC(NC(=O)COc3ccc(Cl)cc3)(C1)C2. The van der Waals surface area contributed by atoms with Crippen LogP contribution in [0.15, 0.2) is 24.3 Å². The van der Waals surface area contributed by atoms with Crippen molar-refractivity contribution in [3.63, 3.8) is 0 Å². The molecule has 6 nitrogen and oxygen atoms in total. The third kappa shape index (κ3) is 3.65. The molecule has 1 aromatic rings. The molecule has 0 spiro atoms. The van der Waals surface area contributed by atoms with E-state index in [4.69, 9.17) is 16.3 Å². The zero-order chi connectivity index (χ0) is 17.4. The Morgan fingerprint density at radius 3 is 2.17 bits per heavy atom. The molecule has 0 heterocycles. The van der Waals surface area contributed by atoms with E-state index in [0.717, 1.165) is 19.3 Å². The van der Waals surface area contributed by atoms with Gasteiger partial charge in [0.15, 0.2) is 6.61 Å². The number of nitrogens with one attached hydrogen (secondary N) is 2. The molecule has 0 unspecified atom stereocenters. The highest BCUT2D eigenvalue weighted by Crippen LogP contribution is 2.60. The van der Waals surface area contributed by atoms with Crippen molar-refractivity contribution in [3.8, 4) is 5.75 Å². The second-order valence-electron chi connectivity index (χ2n) is 7.17. The largest absolute Gasteiger partial charge is 0.484 e. The molecule has 3 aliphatic carbocycles. The first kappa shape index (κ1) is 17.0. The lowest BCUT2D eigenvalue weighted by molar-refractivity contribution is -0.150. The molecule has 2 amide bonds. The van der Waals surface area contributed by atoms with Gasteiger partial charge in [0.2, 0.25) is 5.91 Å². The third-order valence-electron chi connectivity index (χ3n) is 4.48. The predicted octanol–water partition coefficient (Wildman–Crippen LogP) is 1.19. The minimum Gasteiger partial charge on any atom is -0.484 e. The highest BCUT2D eigenvalue weighted by molar-refractivity contribution is 6.30. The number of likely N-dealkylation sites (N-methyl/N-ethyl adjacent to an activating group) is 1. The Balaban J connectivity index is 1.39. The average molecular weight is 352 g/mol. The number of hydrogen-bond acceptors (Lipinski definition) is 4. The molecular weight excluding hydrogens is 330 g/mol. The van der Waals surface area contributed by atoms with E-state index in [1.807, 2.05) is 19.0 Å². The Morgan fingerprint density at radius 1 is 1.08 bits per heavy atom. The Kier molecular flexibility index (Phi) is 4.44. The predicted molar refractivity (Wildman–Crippen MR) is 91.1 cm³/mol. The molecule has 3 saturated carbocycles. The van der Waals surface area contributed by atoms with Crippen molar-refractivity contribution >= 4 is 23.4 Å². The topological polar surface area (TPSA) is 70.7 Å². The number of hydrogen-bond donors (Lipinski definition) is 2. The molecule has 130 valence electrons. The molecule has 0 radical (unpaired) electrons. The van der Waals surface area contributed by atoms with Gasteiger partial charge < -0.3 is 20.3 Å². The van der Waals surface area contributed by atoms with Gasteiger partial charge in [0.25, 0.3) is 5.91 Å². The van der Waals surface area contributed by atoms with Crippen LogP contribution in [-0.2, 0) is 9.59 Å². The lowest BCUT2D eigenvalue weighted by atomic mass is 9.44. The Bertz CT molecular complexity index is 625. The molecule has 0 aliphatic heterocycles. The minimum atomic E-state index is -0.161. The van der Waals surface area contributed by atoms with Gasteiger partial charge in [-0.15, -0.1) is 0 Å². The van der Waals surface area contributed by atoms with Gasteiger partial charge in [-0.2, -0.15) is 0 Å².